The predicted molar refractivity (Wildman–Crippen MR) is 162 cm³/mol. The maximum Gasteiger partial charge on any atom is 1.00 e. The molecule has 1 aromatic carbocycles. The summed E-state index contributed by atoms with van der Waals surface area (Å²) in [5.41, 5.74) is 0.998. The average Bonchev–Trinajstić information content (AvgIpc) is 2.92. The first-order valence-electron chi connectivity index (χ1n) is 13.6. The number of benzene rings is 1. The van der Waals surface area contributed by atoms with Crippen LogP contribution in [0.1, 0.15) is 67.8 Å². The van der Waals surface area contributed by atoms with Crippen LogP contribution >= 0.6 is 0 Å². The molecule has 44 heavy (non-hydrogen) atoms. The van der Waals surface area contributed by atoms with Crippen molar-refractivity contribution in [2.24, 2.45) is 5.92 Å². The number of aryl methyl sites for hydroxylation is 1. The Hall–Kier alpha value is -2.35. The number of ketones is 1. The molecular formula is C33H43F3Li2N4O2-4. The van der Waals surface area contributed by atoms with Gasteiger partial charge in [-0.1, -0.05) is 31.7 Å². The first-order valence-corrected chi connectivity index (χ1v) is 13.6. The quantitative estimate of drug-likeness (QED) is 0.127. The zero-order chi connectivity index (χ0) is 30.8. The van der Waals surface area contributed by atoms with Crippen molar-refractivity contribution >= 4 is 11.6 Å². The third kappa shape index (κ3) is 17.2. The van der Waals surface area contributed by atoms with Crippen LogP contribution in [0.25, 0.3) is 0 Å². The van der Waals surface area contributed by atoms with Crippen molar-refractivity contribution in [2.75, 3.05) is 24.6 Å². The van der Waals surface area contributed by atoms with Gasteiger partial charge in [0.15, 0.2) is 5.78 Å². The maximum atomic E-state index is 12.0. The van der Waals surface area contributed by atoms with E-state index in [2.05, 4.69) is 54.4 Å². The van der Waals surface area contributed by atoms with Gasteiger partial charge in [0, 0.05) is 25.9 Å². The molecule has 0 spiro atoms. The molecule has 0 fully saturated rings. The van der Waals surface area contributed by atoms with Crippen molar-refractivity contribution in [3.63, 3.8) is 0 Å². The normalized spacial score (nSPS) is 10.8. The number of ether oxygens (including phenoxy) is 1. The molecule has 11 heteroatoms. The Labute approximate surface area is 287 Å². The summed E-state index contributed by atoms with van der Waals surface area (Å²) in [5, 5.41) is 9.06. The van der Waals surface area contributed by atoms with Crippen molar-refractivity contribution in [1.29, 1.82) is 5.26 Å². The van der Waals surface area contributed by atoms with Gasteiger partial charge in [-0.3, -0.25) is 11.2 Å². The molecular weight excluding hydrogens is 555 g/mol. The van der Waals surface area contributed by atoms with Crippen LogP contribution in [0.2, 0.25) is 0 Å². The Kier molecular flexibility index (Phi) is 26.1. The van der Waals surface area contributed by atoms with E-state index >= 15 is 0 Å². The Morgan fingerprint density at radius 1 is 1.30 bits per heavy atom. The van der Waals surface area contributed by atoms with Crippen LogP contribution in [0.5, 0.6) is 6.01 Å². The van der Waals surface area contributed by atoms with Crippen molar-refractivity contribution in [3.05, 3.63) is 93.9 Å². The molecule has 0 amide bonds. The number of rotatable bonds is 16. The number of carbonyl (C=O) groups is 1. The van der Waals surface area contributed by atoms with Crippen molar-refractivity contribution in [2.45, 2.75) is 65.0 Å². The number of nitrogens with zero attached hydrogens (tertiary/aromatic N) is 4. The first-order chi connectivity index (χ1) is 19.5. The Balaban J connectivity index is -0.00000102. The molecule has 0 aliphatic rings. The van der Waals surface area contributed by atoms with E-state index in [1.165, 1.54) is 31.2 Å². The number of nitriles is 1. The first kappa shape index (κ1) is 46.1. The summed E-state index contributed by atoms with van der Waals surface area (Å²) in [6, 6.07) is 8.88. The standard InChI is InChI=1S/C24H34N4O2.C8H6F3.CH3.2Li/c1-6-9-12-17-30-24-26-20(5)22(8-3)23(27-24)28(18-19(4)14-15-25)16-11-10-13-21(29)7-2;1-6-4-2-3-5-7(6)8(9,10)11;;;/h7,12,19H,1-3,5-6,8-11,13-14,16-18H2,4H3;2-4H,1H3;1H3;;/q-4;2*-1;2*+1/t19-;;;;/m0..../s1. The topological polar surface area (TPSA) is 79.1 Å². The molecule has 1 atom stereocenters. The van der Waals surface area contributed by atoms with E-state index in [4.69, 9.17) is 10.00 Å². The summed E-state index contributed by atoms with van der Waals surface area (Å²) in [5.74, 6) is 0.964. The molecule has 0 unspecified atom stereocenters. The SMILES string of the molecule is C=CC(=O)CCCCN(C[C@@H](C)CC#N)c1nc(OC[CH-]CC[CH2-])nc([CH2-])c1C[CH2-].Cc1ccc[c-]c1C(F)(F)F.[CH3-].[Li+].[Li+]. The maximum absolute atomic E-state index is 12.0. The smallest absolute Gasteiger partial charge is 0.496 e. The second-order valence-electron chi connectivity index (χ2n) is 9.51. The molecule has 0 radical (unpaired) electrons. The van der Waals surface area contributed by atoms with Crippen LogP contribution in [0.15, 0.2) is 30.9 Å². The number of carbonyl (C=O) groups excluding carboxylic acids is 1. The number of aromatic nitrogens is 2. The van der Waals surface area contributed by atoms with Gasteiger partial charge >= 0.3 is 49.9 Å². The summed E-state index contributed by atoms with van der Waals surface area (Å²) in [7, 11) is 0. The van der Waals surface area contributed by atoms with E-state index in [1.807, 2.05) is 13.3 Å². The largest absolute Gasteiger partial charge is 1.00 e. The summed E-state index contributed by atoms with van der Waals surface area (Å²) in [6.07, 6.45) is 3.78. The summed E-state index contributed by atoms with van der Waals surface area (Å²) < 4.78 is 41.8. The van der Waals surface area contributed by atoms with Crippen molar-refractivity contribution in [3.8, 4) is 12.1 Å². The fraction of sp³-hybridized carbons (Fsp3) is 0.424. The number of halogens is 3. The van der Waals surface area contributed by atoms with Gasteiger partial charge in [0.05, 0.1) is 11.9 Å². The molecule has 2 rings (SSSR count). The molecule has 234 valence electrons. The van der Waals surface area contributed by atoms with E-state index < -0.39 is 11.7 Å². The minimum Gasteiger partial charge on any atom is -0.496 e. The van der Waals surface area contributed by atoms with Gasteiger partial charge in [0.25, 0.3) is 0 Å². The van der Waals surface area contributed by atoms with Gasteiger partial charge in [0.1, 0.15) is 0 Å². The van der Waals surface area contributed by atoms with E-state index in [0.717, 1.165) is 37.1 Å². The monoisotopic (exact) mass is 598 g/mol. The molecule has 0 aliphatic carbocycles. The third-order valence-electron chi connectivity index (χ3n) is 5.99. The molecule has 0 saturated carbocycles. The van der Waals surface area contributed by atoms with Crippen LogP contribution in [-0.2, 0) is 17.4 Å². The number of alkyl halides is 3. The van der Waals surface area contributed by atoms with Gasteiger partial charge in [-0.15, -0.1) is 5.56 Å². The van der Waals surface area contributed by atoms with Gasteiger partial charge in [-0.25, -0.2) is 31.2 Å². The predicted octanol–water partition coefficient (Wildman–Crippen LogP) is 1.79. The van der Waals surface area contributed by atoms with E-state index in [0.29, 0.717) is 44.7 Å². The number of anilines is 1. The molecule has 1 aromatic heterocycles. The molecule has 1 heterocycles. The van der Waals surface area contributed by atoms with E-state index in [9.17, 15) is 18.0 Å². The van der Waals surface area contributed by atoms with E-state index in [-0.39, 0.29) is 68.4 Å². The van der Waals surface area contributed by atoms with Gasteiger partial charge < -0.3 is 30.9 Å². The van der Waals surface area contributed by atoms with Gasteiger partial charge in [-0.05, 0) is 31.4 Å². The zero-order valence-electron chi connectivity index (χ0n) is 27.1. The minimum atomic E-state index is -4.27. The molecule has 2 aromatic rings. The second-order valence-corrected chi connectivity index (χ2v) is 9.51. The molecule has 0 bridgehead atoms. The fourth-order valence-electron chi connectivity index (χ4n) is 3.85. The van der Waals surface area contributed by atoms with E-state index in [1.54, 1.807) is 0 Å². The zero-order valence-corrected chi connectivity index (χ0v) is 27.1. The summed E-state index contributed by atoms with van der Waals surface area (Å²) in [6.45, 7) is 20.6. The number of hydrogen-bond donors (Lipinski definition) is 0. The van der Waals surface area contributed by atoms with Crippen LogP contribution in [0.4, 0.5) is 19.0 Å². The molecule has 0 saturated heterocycles. The Bertz CT molecular complexity index is 1140. The Morgan fingerprint density at radius 2 is 1.98 bits per heavy atom. The van der Waals surface area contributed by atoms with Crippen molar-refractivity contribution < 1.29 is 60.4 Å². The number of allylic oxidation sites excluding steroid dienone is 1. The van der Waals surface area contributed by atoms with Gasteiger partial charge in [0.2, 0.25) is 0 Å². The van der Waals surface area contributed by atoms with Crippen molar-refractivity contribution in [1.82, 2.24) is 9.97 Å². The fourth-order valence-corrected chi connectivity index (χ4v) is 3.85. The van der Waals surface area contributed by atoms with Gasteiger partial charge in [-0.2, -0.15) is 53.2 Å². The third-order valence-corrected chi connectivity index (χ3v) is 5.99. The second kappa shape index (κ2) is 24.9. The molecule has 6 nitrogen and oxygen atoms in total. The average molecular weight is 599 g/mol. The Morgan fingerprint density at radius 3 is 2.50 bits per heavy atom. The van der Waals surface area contributed by atoms with Crippen LogP contribution in [0.3, 0.4) is 0 Å². The summed E-state index contributed by atoms with van der Waals surface area (Å²) >= 11 is 0. The number of hydrogen-bond acceptors (Lipinski definition) is 6. The molecule has 0 aliphatic heterocycles. The molecule has 0 N–H and O–H groups in total. The minimum absolute atomic E-state index is 0. The van der Waals surface area contributed by atoms with Crippen LogP contribution in [0, 0.1) is 64.9 Å². The summed E-state index contributed by atoms with van der Waals surface area (Å²) in [4.78, 5) is 22.7. The van der Waals surface area contributed by atoms with Crippen LogP contribution < -0.4 is 47.4 Å². The van der Waals surface area contributed by atoms with Crippen LogP contribution in [-0.4, -0.2) is 35.4 Å². The number of unbranched alkanes of at least 4 members (excludes halogenated alkanes) is 3.